The number of carbonyl (C=O) groups excluding carboxylic acids is 1. The molecule has 0 radical (unpaired) electrons. The van der Waals surface area contributed by atoms with E-state index in [2.05, 4.69) is 10.6 Å². The van der Waals surface area contributed by atoms with Crippen molar-refractivity contribution in [2.45, 2.75) is 13.5 Å². The minimum atomic E-state index is -0.410. The molecule has 0 aliphatic heterocycles. The van der Waals surface area contributed by atoms with E-state index in [1.807, 2.05) is 0 Å². The van der Waals surface area contributed by atoms with Crippen LogP contribution in [0.4, 0.5) is 14.9 Å². The highest BCUT2D eigenvalue weighted by molar-refractivity contribution is 5.90. The van der Waals surface area contributed by atoms with Crippen molar-refractivity contribution in [3.05, 3.63) is 29.6 Å². The molecule has 0 unspecified atom stereocenters. The summed E-state index contributed by atoms with van der Waals surface area (Å²) < 4.78 is 13.2. The lowest BCUT2D eigenvalue weighted by Gasteiger charge is -2.10. The molecule has 0 spiro atoms. The van der Waals surface area contributed by atoms with Gasteiger partial charge in [0.2, 0.25) is 0 Å². The summed E-state index contributed by atoms with van der Waals surface area (Å²) in [6.07, 6.45) is 0. The number of benzene rings is 1. The summed E-state index contributed by atoms with van der Waals surface area (Å²) in [5.74, 6) is -0.410. The van der Waals surface area contributed by atoms with Gasteiger partial charge in [0.15, 0.2) is 0 Å². The zero-order valence-corrected chi connectivity index (χ0v) is 8.51. The summed E-state index contributed by atoms with van der Waals surface area (Å²) in [7, 11) is 0. The molecule has 0 aliphatic rings. The Labute approximate surface area is 87.7 Å². The standard InChI is InChI=1S/C10H14FN3O/c1-2-13-10(15)14-9-5-3-4-8(11)7(9)6-12/h3-5H,2,6,12H2,1H3,(H2,13,14,15). The van der Waals surface area contributed by atoms with Gasteiger partial charge < -0.3 is 16.4 Å². The molecular formula is C10H14FN3O. The molecule has 0 atom stereocenters. The van der Waals surface area contributed by atoms with Gasteiger partial charge in [-0.05, 0) is 19.1 Å². The molecule has 4 nitrogen and oxygen atoms in total. The highest BCUT2D eigenvalue weighted by Gasteiger charge is 2.08. The molecule has 2 amide bonds. The summed E-state index contributed by atoms with van der Waals surface area (Å²) in [6, 6.07) is 4.08. The first-order valence-corrected chi connectivity index (χ1v) is 4.71. The maximum absolute atomic E-state index is 13.2. The zero-order valence-electron chi connectivity index (χ0n) is 8.51. The van der Waals surface area contributed by atoms with Crippen molar-refractivity contribution in [2.75, 3.05) is 11.9 Å². The molecule has 1 aromatic rings. The topological polar surface area (TPSA) is 67.2 Å². The third-order valence-corrected chi connectivity index (χ3v) is 1.91. The van der Waals surface area contributed by atoms with Gasteiger partial charge in [-0.2, -0.15) is 0 Å². The van der Waals surface area contributed by atoms with Crippen LogP contribution in [0, 0.1) is 5.82 Å². The summed E-state index contributed by atoms with van der Waals surface area (Å²) in [5.41, 5.74) is 6.10. The lowest BCUT2D eigenvalue weighted by atomic mass is 10.1. The number of anilines is 1. The van der Waals surface area contributed by atoms with Gasteiger partial charge in [0.1, 0.15) is 5.82 Å². The summed E-state index contributed by atoms with van der Waals surface area (Å²) in [6.45, 7) is 2.36. The van der Waals surface area contributed by atoms with E-state index in [-0.39, 0.29) is 12.6 Å². The van der Waals surface area contributed by atoms with Gasteiger partial charge in [0, 0.05) is 24.3 Å². The van der Waals surface area contributed by atoms with Crippen molar-refractivity contribution in [3.8, 4) is 0 Å². The Kier molecular flexibility index (Phi) is 4.05. The van der Waals surface area contributed by atoms with Crippen LogP contribution in [0.5, 0.6) is 0 Å². The first-order valence-electron chi connectivity index (χ1n) is 4.71. The van der Waals surface area contributed by atoms with Gasteiger partial charge >= 0.3 is 6.03 Å². The molecule has 0 saturated heterocycles. The van der Waals surface area contributed by atoms with Crippen molar-refractivity contribution >= 4 is 11.7 Å². The van der Waals surface area contributed by atoms with E-state index in [0.29, 0.717) is 17.8 Å². The number of nitrogens with one attached hydrogen (secondary N) is 2. The third kappa shape index (κ3) is 2.92. The van der Waals surface area contributed by atoms with Gasteiger partial charge in [-0.1, -0.05) is 6.07 Å². The summed E-state index contributed by atoms with van der Waals surface area (Å²) >= 11 is 0. The van der Waals surface area contributed by atoms with Gasteiger partial charge in [-0.15, -0.1) is 0 Å². The fourth-order valence-electron chi connectivity index (χ4n) is 1.21. The highest BCUT2D eigenvalue weighted by Crippen LogP contribution is 2.17. The average Bonchev–Trinajstić information content (AvgIpc) is 2.18. The Morgan fingerprint density at radius 1 is 1.53 bits per heavy atom. The number of amides is 2. The van der Waals surface area contributed by atoms with E-state index in [1.165, 1.54) is 12.1 Å². The second-order valence-corrected chi connectivity index (χ2v) is 2.95. The minimum absolute atomic E-state index is 0.0500. The van der Waals surface area contributed by atoms with Crippen LogP contribution in [-0.2, 0) is 6.54 Å². The lowest BCUT2D eigenvalue weighted by molar-refractivity contribution is 0.252. The molecule has 1 rings (SSSR count). The fraction of sp³-hybridized carbons (Fsp3) is 0.300. The lowest BCUT2D eigenvalue weighted by Crippen LogP contribution is -2.29. The van der Waals surface area contributed by atoms with Crippen LogP contribution in [0.1, 0.15) is 12.5 Å². The number of carbonyl (C=O) groups is 1. The summed E-state index contributed by atoms with van der Waals surface area (Å²) in [4.78, 5) is 11.2. The molecule has 0 fully saturated rings. The van der Waals surface area contributed by atoms with Gasteiger partial charge in [0.05, 0.1) is 0 Å². The number of urea groups is 1. The average molecular weight is 211 g/mol. The molecule has 15 heavy (non-hydrogen) atoms. The van der Waals surface area contributed by atoms with E-state index in [9.17, 15) is 9.18 Å². The number of rotatable bonds is 3. The van der Waals surface area contributed by atoms with Crippen molar-refractivity contribution in [1.29, 1.82) is 0 Å². The Morgan fingerprint density at radius 2 is 2.27 bits per heavy atom. The van der Waals surface area contributed by atoms with E-state index in [4.69, 9.17) is 5.73 Å². The first-order chi connectivity index (χ1) is 7.19. The van der Waals surface area contributed by atoms with Crippen LogP contribution in [0.25, 0.3) is 0 Å². The molecule has 4 N–H and O–H groups in total. The van der Waals surface area contributed by atoms with Gasteiger partial charge in [-0.3, -0.25) is 0 Å². The Morgan fingerprint density at radius 3 is 2.87 bits per heavy atom. The van der Waals surface area contributed by atoms with Crippen molar-refractivity contribution < 1.29 is 9.18 Å². The fourth-order valence-corrected chi connectivity index (χ4v) is 1.21. The van der Waals surface area contributed by atoms with Crippen molar-refractivity contribution in [1.82, 2.24) is 5.32 Å². The zero-order chi connectivity index (χ0) is 11.3. The van der Waals surface area contributed by atoms with Crippen LogP contribution in [0.3, 0.4) is 0 Å². The normalized spacial score (nSPS) is 9.80. The first kappa shape index (κ1) is 11.5. The molecule has 0 saturated carbocycles. The predicted octanol–water partition coefficient (Wildman–Crippen LogP) is 1.43. The number of hydrogen-bond donors (Lipinski definition) is 3. The SMILES string of the molecule is CCNC(=O)Nc1cccc(F)c1CN. The third-order valence-electron chi connectivity index (χ3n) is 1.91. The van der Waals surface area contributed by atoms with E-state index in [0.717, 1.165) is 0 Å². The van der Waals surface area contributed by atoms with Gasteiger partial charge in [0.25, 0.3) is 0 Å². The number of nitrogens with two attached hydrogens (primary N) is 1. The maximum Gasteiger partial charge on any atom is 0.319 e. The smallest absolute Gasteiger partial charge is 0.319 e. The predicted molar refractivity (Wildman–Crippen MR) is 57.0 cm³/mol. The second-order valence-electron chi connectivity index (χ2n) is 2.95. The van der Waals surface area contributed by atoms with E-state index < -0.39 is 5.82 Å². The maximum atomic E-state index is 13.2. The van der Waals surface area contributed by atoms with Crippen molar-refractivity contribution in [3.63, 3.8) is 0 Å². The van der Waals surface area contributed by atoms with Crippen LogP contribution in [0.2, 0.25) is 0 Å². The largest absolute Gasteiger partial charge is 0.338 e. The van der Waals surface area contributed by atoms with E-state index >= 15 is 0 Å². The molecule has 1 aromatic carbocycles. The molecule has 0 heterocycles. The van der Waals surface area contributed by atoms with Gasteiger partial charge in [-0.25, -0.2) is 9.18 Å². The number of halogens is 1. The van der Waals surface area contributed by atoms with Crippen LogP contribution < -0.4 is 16.4 Å². The monoisotopic (exact) mass is 211 g/mol. The number of hydrogen-bond acceptors (Lipinski definition) is 2. The second kappa shape index (κ2) is 5.31. The van der Waals surface area contributed by atoms with Crippen LogP contribution >= 0.6 is 0 Å². The molecule has 0 aliphatic carbocycles. The van der Waals surface area contributed by atoms with Crippen LogP contribution in [0.15, 0.2) is 18.2 Å². The van der Waals surface area contributed by atoms with Crippen molar-refractivity contribution in [2.24, 2.45) is 5.73 Å². The molecule has 0 bridgehead atoms. The molecule has 82 valence electrons. The Balaban J connectivity index is 2.84. The molecular weight excluding hydrogens is 197 g/mol. The Bertz CT molecular complexity index is 355. The molecule has 5 heteroatoms. The molecule has 0 aromatic heterocycles. The van der Waals surface area contributed by atoms with Crippen LogP contribution in [-0.4, -0.2) is 12.6 Å². The van der Waals surface area contributed by atoms with E-state index in [1.54, 1.807) is 13.0 Å². The minimum Gasteiger partial charge on any atom is -0.338 e. The highest BCUT2D eigenvalue weighted by atomic mass is 19.1. The quantitative estimate of drug-likeness (QED) is 0.708. The summed E-state index contributed by atoms with van der Waals surface area (Å²) in [5, 5.41) is 5.08. The Hall–Kier alpha value is -1.62.